The second-order valence-corrected chi connectivity index (χ2v) is 9.58. The molecule has 7 heteroatoms. The van der Waals surface area contributed by atoms with Crippen molar-refractivity contribution in [2.75, 3.05) is 31.6 Å². The van der Waals surface area contributed by atoms with Crippen molar-refractivity contribution in [2.45, 2.75) is 58.5 Å². The Labute approximate surface area is 172 Å². The number of fused-ring (bicyclic) bond motifs is 1. The zero-order chi connectivity index (χ0) is 20.6. The molecule has 2 aliphatic heterocycles. The number of piperidine rings is 1. The van der Waals surface area contributed by atoms with Gasteiger partial charge in [0.2, 0.25) is 0 Å². The number of nitrogens with zero attached hydrogens (tertiary/aromatic N) is 6. The molecule has 0 amide bonds. The van der Waals surface area contributed by atoms with Crippen molar-refractivity contribution in [1.29, 1.82) is 0 Å². The van der Waals surface area contributed by atoms with Crippen LogP contribution in [0.4, 0.5) is 5.82 Å². The molecule has 1 saturated heterocycles. The first-order chi connectivity index (χ1) is 13.8. The van der Waals surface area contributed by atoms with Gasteiger partial charge in [0.25, 0.3) is 5.56 Å². The summed E-state index contributed by atoms with van der Waals surface area (Å²) in [6.45, 7) is 11.0. The molecule has 0 unspecified atom stereocenters. The molecule has 2 aromatic heterocycles. The minimum absolute atomic E-state index is 0.00916. The Balaban J connectivity index is 1.40. The van der Waals surface area contributed by atoms with Crippen LogP contribution in [-0.2, 0) is 24.9 Å². The van der Waals surface area contributed by atoms with Crippen molar-refractivity contribution in [3.8, 4) is 0 Å². The highest BCUT2D eigenvalue weighted by Gasteiger charge is 2.24. The van der Waals surface area contributed by atoms with E-state index in [0.29, 0.717) is 12.5 Å². The molecule has 0 aromatic carbocycles. The van der Waals surface area contributed by atoms with Crippen LogP contribution in [0.1, 0.15) is 50.6 Å². The van der Waals surface area contributed by atoms with Gasteiger partial charge in [0, 0.05) is 50.6 Å². The summed E-state index contributed by atoms with van der Waals surface area (Å²) in [4.78, 5) is 17.0. The monoisotopic (exact) mass is 396 g/mol. The third kappa shape index (κ3) is 4.50. The van der Waals surface area contributed by atoms with Gasteiger partial charge in [0.1, 0.15) is 0 Å². The van der Waals surface area contributed by atoms with E-state index in [1.807, 2.05) is 6.07 Å². The molecule has 29 heavy (non-hydrogen) atoms. The average molecular weight is 397 g/mol. The Morgan fingerprint density at radius 3 is 2.59 bits per heavy atom. The van der Waals surface area contributed by atoms with Crippen molar-refractivity contribution < 1.29 is 0 Å². The Hall–Kier alpha value is -2.28. The number of aromatic nitrogens is 4. The summed E-state index contributed by atoms with van der Waals surface area (Å²) in [5, 5.41) is 13.6. The van der Waals surface area contributed by atoms with Crippen molar-refractivity contribution in [3.05, 3.63) is 45.5 Å². The molecular formula is C22H32N6O. The molecule has 4 heterocycles. The van der Waals surface area contributed by atoms with Crippen molar-refractivity contribution in [3.63, 3.8) is 0 Å². The molecule has 0 aliphatic carbocycles. The predicted molar refractivity (Wildman–Crippen MR) is 114 cm³/mol. The van der Waals surface area contributed by atoms with Gasteiger partial charge in [0.05, 0.1) is 11.4 Å². The first-order valence-electron chi connectivity index (χ1n) is 10.7. The molecule has 0 N–H and O–H groups in total. The van der Waals surface area contributed by atoms with Crippen LogP contribution in [0, 0.1) is 5.92 Å². The summed E-state index contributed by atoms with van der Waals surface area (Å²) < 4.78 is 1.66. The molecule has 0 spiro atoms. The summed E-state index contributed by atoms with van der Waals surface area (Å²) in [5.41, 5.74) is 3.35. The highest BCUT2D eigenvalue weighted by atomic mass is 16.1. The topological polar surface area (TPSA) is 67.2 Å². The average Bonchev–Trinajstić information content (AvgIpc) is 2.69. The van der Waals surface area contributed by atoms with Gasteiger partial charge in [0.15, 0.2) is 5.82 Å². The molecule has 0 saturated carbocycles. The lowest BCUT2D eigenvalue weighted by atomic mass is 9.92. The third-order valence-electron chi connectivity index (χ3n) is 6.12. The largest absolute Gasteiger partial charge is 0.355 e. The van der Waals surface area contributed by atoms with Gasteiger partial charge in [-0.15, -0.1) is 5.10 Å². The summed E-state index contributed by atoms with van der Waals surface area (Å²) in [7, 11) is 2.15. The molecule has 7 nitrogen and oxygen atoms in total. The summed E-state index contributed by atoms with van der Waals surface area (Å²) in [6, 6.07) is 5.73. The number of likely N-dealkylation sites (N-methyl/N-ethyl adjacent to an activating group) is 1. The second kappa shape index (κ2) is 7.86. The lowest BCUT2D eigenvalue weighted by Crippen LogP contribution is -2.38. The molecule has 2 aliphatic rings. The predicted octanol–water partition coefficient (Wildman–Crippen LogP) is 2.24. The Kier molecular flexibility index (Phi) is 5.42. The van der Waals surface area contributed by atoms with Crippen LogP contribution >= 0.6 is 0 Å². The maximum Gasteiger partial charge on any atom is 0.266 e. The Bertz CT molecular complexity index is 924. The van der Waals surface area contributed by atoms with Gasteiger partial charge < -0.3 is 9.80 Å². The van der Waals surface area contributed by atoms with Crippen molar-refractivity contribution in [1.82, 2.24) is 24.9 Å². The van der Waals surface area contributed by atoms with E-state index in [1.165, 1.54) is 5.56 Å². The van der Waals surface area contributed by atoms with E-state index in [0.717, 1.165) is 62.6 Å². The minimum Gasteiger partial charge on any atom is -0.355 e. The molecule has 1 fully saturated rings. The van der Waals surface area contributed by atoms with Crippen molar-refractivity contribution in [2.24, 2.45) is 5.92 Å². The van der Waals surface area contributed by atoms with E-state index >= 15 is 0 Å². The fourth-order valence-corrected chi connectivity index (χ4v) is 4.18. The smallest absolute Gasteiger partial charge is 0.266 e. The van der Waals surface area contributed by atoms with E-state index in [9.17, 15) is 4.79 Å². The van der Waals surface area contributed by atoms with Crippen LogP contribution in [0.3, 0.4) is 0 Å². The number of anilines is 1. The third-order valence-corrected chi connectivity index (χ3v) is 6.12. The first-order valence-corrected chi connectivity index (χ1v) is 10.7. The summed E-state index contributed by atoms with van der Waals surface area (Å²) >= 11 is 0. The fourth-order valence-electron chi connectivity index (χ4n) is 4.18. The molecule has 2 aromatic rings. The van der Waals surface area contributed by atoms with E-state index < -0.39 is 0 Å². The zero-order valence-corrected chi connectivity index (χ0v) is 18.1. The Morgan fingerprint density at radius 1 is 1.10 bits per heavy atom. The fraction of sp³-hybridized carbons (Fsp3) is 0.636. The normalized spacial score (nSPS) is 18.7. The summed E-state index contributed by atoms with van der Waals surface area (Å²) in [5.74, 6) is 1.45. The van der Waals surface area contributed by atoms with Crippen LogP contribution in [0.25, 0.3) is 0 Å². The minimum atomic E-state index is -0.0575. The highest BCUT2D eigenvalue weighted by molar-refractivity contribution is 5.42. The van der Waals surface area contributed by atoms with E-state index in [-0.39, 0.29) is 11.0 Å². The van der Waals surface area contributed by atoms with Gasteiger partial charge in [-0.05, 0) is 43.5 Å². The maximum atomic E-state index is 12.3. The molecular weight excluding hydrogens is 364 g/mol. The maximum absolute atomic E-state index is 12.3. The van der Waals surface area contributed by atoms with Gasteiger partial charge in [-0.2, -0.15) is 10.2 Å². The van der Waals surface area contributed by atoms with E-state index in [1.54, 1.807) is 10.7 Å². The first kappa shape index (κ1) is 20.0. The van der Waals surface area contributed by atoms with E-state index in [4.69, 9.17) is 0 Å². The number of hydrogen-bond donors (Lipinski definition) is 0. The summed E-state index contributed by atoms with van der Waals surface area (Å²) in [6.07, 6.45) is 3.05. The van der Waals surface area contributed by atoms with E-state index in [2.05, 4.69) is 59.0 Å². The van der Waals surface area contributed by atoms with Crippen LogP contribution in [-0.4, -0.2) is 51.6 Å². The van der Waals surface area contributed by atoms with Crippen LogP contribution < -0.4 is 10.5 Å². The SMILES string of the molecule is CN1CCc2nnc(N3CCC(Cn4nc(C(C)(C)C)ccc4=O)CC3)cc2C1. The standard InChI is InChI=1S/C22H32N6O/c1-22(2,3)19-5-6-21(29)28(25-19)14-16-7-11-27(12-8-16)20-13-17-15-26(4)10-9-18(17)23-24-20/h5-6,13,16H,7-12,14-15H2,1-4H3. The molecule has 0 radical (unpaired) electrons. The van der Waals surface area contributed by atoms with Crippen LogP contribution in [0.2, 0.25) is 0 Å². The molecule has 0 bridgehead atoms. The quantitative estimate of drug-likeness (QED) is 0.793. The zero-order valence-electron chi connectivity index (χ0n) is 18.1. The Morgan fingerprint density at radius 2 is 1.86 bits per heavy atom. The van der Waals surface area contributed by atoms with Gasteiger partial charge >= 0.3 is 0 Å². The lowest BCUT2D eigenvalue weighted by molar-refractivity contribution is 0.308. The highest BCUT2D eigenvalue weighted by Crippen LogP contribution is 2.25. The number of rotatable bonds is 3. The van der Waals surface area contributed by atoms with Gasteiger partial charge in [-0.25, -0.2) is 4.68 Å². The van der Waals surface area contributed by atoms with Gasteiger partial charge in [-0.3, -0.25) is 4.79 Å². The van der Waals surface area contributed by atoms with Crippen LogP contribution in [0.15, 0.2) is 23.0 Å². The molecule has 0 atom stereocenters. The molecule has 4 rings (SSSR count). The van der Waals surface area contributed by atoms with Crippen molar-refractivity contribution >= 4 is 5.82 Å². The lowest BCUT2D eigenvalue weighted by Gasteiger charge is -2.33. The number of hydrogen-bond acceptors (Lipinski definition) is 6. The van der Waals surface area contributed by atoms with Gasteiger partial charge in [-0.1, -0.05) is 20.8 Å². The second-order valence-electron chi connectivity index (χ2n) is 9.58. The van der Waals surface area contributed by atoms with Crippen LogP contribution in [0.5, 0.6) is 0 Å². The molecule has 156 valence electrons.